The van der Waals surface area contributed by atoms with E-state index in [1.54, 1.807) is 36.4 Å². The lowest BCUT2D eigenvalue weighted by atomic mass is 10.1. The molecule has 0 saturated heterocycles. The van der Waals surface area contributed by atoms with Crippen molar-refractivity contribution in [1.82, 2.24) is 0 Å². The van der Waals surface area contributed by atoms with Crippen molar-refractivity contribution >= 4 is 50.8 Å². The van der Waals surface area contributed by atoms with E-state index in [-0.39, 0.29) is 12.2 Å². The van der Waals surface area contributed by atoms with E-state index in [1.807, 2.05) is 26.0 Å². The number of aryl methyl sites for hydroxylation is 1. The molecule has 3 aromatic carbocycles. The molecule has 0 bridgehead atoms. The van der Waals surface area contributed by atoms with Crippen molar-refractivity contribution in [2.75, 3.05) is 11.9 Å². The van der Waals surface area contributed by atoms with Gasteiger partial charge in [-0.15, -0.1) is 0 Å². The monoisotopic (exact) mass is 537 g/mol. The van der Waals surface area contributed by atoms with Gasteiger partial charge in [-0.25, -0.2) is 4.79 Å². The van der Waals surface area contributed by atoms with Gasteiger partial charge >= 0.3 is 5.97 Å². The molecule has 0 aliphatic rings. The molecule has 0 fully saturated rings. The van der Waals surface area contributed by atoms with Crippen molar-refractivity contribution in [3.8, 4) is 11.5 Å². The van der Waals surface area contributed by atoms with Crippen molar-refractivity contribution in [2.24, 2.45) is 0 Å². The van der Waals surface area contributed by atoms with E-state index in [4.69, 9.17) is 32.7 Å². The molecule has 0 spiro atoms. The summed E-state index contributed by atoms with van der Waals surface area (Å²) in [6.07, 6.45) is 0. The molecule has 0 atom stereocenters. The summed E-state index contributed by atoms with van der Waals surface area (Å²) in [5.74, 6) is 0.169. The second kappa shape index (κ2) is 10.9. The molecule has 32 heavy (non-hydrogen) atoms. The first-order chi connectivity index (χ1) is 15.3. The molecule has 0 unspecified atom stereocenters. The van der Waals surface area contributed by atoms with Crippen LogP contribution in [0, 0.1) is 6.92 Å². The topological polar surface area (TPSA) is 67.8 Å². The molecular weight excluding hydrogens is 517 g/mol. The molecule has 3 aromatic rings. The summed E-state index contributed by atoms with van der Waals surface area (Å²) in [5.41, 5.74) is 3.58. The van der Waals surface area contributed by atoms with Crippen LogP contribution in [0.1, 0.15) is 34.0 Å². The van der Waals surface area contributed by atoms with Crippen LogP contribution in [0.15, 0.2) is 53.0 Å². The number of hydrogen-bond acceptors (Lipinski definition) is 4. The van der Waals surface area contributed by atoms with Crippen LogP contribution in [0.2, 0.25) is 10.0 Å². The van der Waals surface area contributed by atoms with Gasteiger partial charge in [0.25, 0.3) is 0 Å². The molecule has 0 aliphatic heterocycles. The highest BCUT2D eigenvalue weighted by molar-refractivity contribution is 9.10. The van der Waals surface area contributed by atoms with Gasteiger partial charge in [0, 0.05) is 27.8 Å². The Bertz CT molecular complexity index is 1120. The summed E-state index contributed by atoms with van der Waals surface area (Å²) in [7, 11) is 0. The Balaban J connectivity index is 1.81. The average Bonchev–Trinajstić information content (AvgIpc) is 2.74. The first kappa shape index (κ1) is 24.2. The number of halogens is 3. The number of benzene rings is 3. The van der Waals surface area contributed by atoms with Crippen molar-refractivity contribution in [2.45, 2.75) is 27.0 Å². The molecule has 0 aliphatic carbocycles. The van der Waals surface area contributed by atoms with Gasteiger partial charge < -0.3 is 19.9 Å². The van der Waals surface area contributed by atoms with E-state index in [0.29, 0.717) is 40.3 Å². The van der Waals surface area contributed by atoms with E-state index >= 15 is 0 Å². The lowest BCUT2D eigenvalue weighted by Crippen LogP contribution is -2.06. The zero-order valence-corrected chi connectivity index (χ0v) is 20.6. The lowest BCUT2D eigenvalue weighted by molar-refractivity contribution is 0.0697. The van der Waals surface area contributed by atoms with E-state index in [9.17, 15) is 9.90 Å². The maximum atomic E-state index is 11.3. The number of ether oxygens (including phenoxy) is 2. The Kier molecular flexibility index (Phi) is 8.29. The zero-order valence-electron chi connectivity index (χ0n) is 17.5. The van der Waals surface area contributed by atoms with Gasteiger partial charge in [-0.05, 0) is 77.3 Å². The molecule has 0 aromatic heterocycles. The molecule has 168 valence electrons. The van der Waals surface area contributed by atoms with Gasteiger partial charge in [0.1, 0.15) is 6.61 Å². The molecule has 0 heterocycles. The van der Waals surface area contributed by atoms with E-state index in [1.165, 1.54) is 0 Å². The molecule has 2 N–H and O–H groups in total. The van der Waals surface area contributed by atoms with Crippen LogP contribution < -0.4 is 14.8 Å². The third kappa shape index (κ3) is 5.88. The summed E-state index contributed by atoms with van der Waals surface area (Å²) < 4.78 is 12.5. The fourth-order valence-corrected chi connectivity index (χ4v) is 4.19. The largest absolute Gasteiger partial charge is 0.490 e. The molecule has 3 rings (SSSR count). The maximum absolute atomic E-state index is 11.3. The van der Waals surface area contributed by atoms with E-state index in [2.05, 4.69) is 21.2 Å². The Morgan fingerprint density at radius 2 is 1.81 bits per heavy atom. The predicted molar refractivity (Wildman–Crippen MR) is 132 cm³/mol. The van der Waals surface area contributed by atoms with E-state index < -0.39 is 5.97 Å². The average molecular weight is 539 g/mol. The van der Waals surface area contributed by atoms with Crippen molar-refractivity contribution in [3.05, 3.63) is 85.3 Å². The number of carboxylic acid groups (broad SMARTS) is 1. The van der Waals surface area contributed by atoms with Crippen LogP contribution in [0.3, 0.4) is 0 Å². The highest BCUT2D eigenvalue weighted by Crippen LogP contribution is 2.38. The van der Waals surface area contributed by atoms with Crippen LogP contribution in [-0.4, -0.2) is 17.7 Å². The first-order valence-corrected chi connectivity index (χ1v) is 11.4. The summed E-state index contributed by atoms with van der Waals surface area (Å²) in [6, 6.07) is 14.1. The molecule has 5 nitrogen and oxygen atoms in total. The number of hydrogen-bond donors (Lipinski definition) is 2. The smallest absolute Gasteiger partial charge is 0.335 e. The fraction of sp³-hybridized carbons (Fsp3) is 0.208. The third-order valence-corrected chi connectivity index (χ3v) is 6.06. The molecule has 0 saturated carbocycles. The Morgan fingerprint density at radius 1 is 1.09 bits per heavy atom. The predicted octanol–water partition coefficient (Wildman–Crippen LogP) is 7.35. The number of carbonyl (C=O) groups is 1. The van der Waals surface area contributed by atoms with Crippen molar-refractivity contribution < 1.29 is 19.4 Å². The van der Waals surface area contributed by atoms with E-state index in [0.717, 1.165) is 21.3 Å². The highest BCUT2D eigenvalue weighted by Gasteiger charge is 2.15. The molecule has 8 heteroatoms. The normalized spacial score (nSPS) is 10.7. The lowest BCUT2D eigenvalue weighted by Gasteiger charge is -2.17. The van der Waals surface area contributed by atoms with Crippen LogP contribution in [0.25, 0.3) is 0 Å². The van der Waals surface area contributed by atoms with Gasteiger partial charge in [-0.1, -0.05) is 35.3 Å². The molecule has 0 amide bonds. The van der Waals surface area contributed by atoms with Gasteiger partial charge in [0.2, 0.25) is 0 Å². The van der Waals surface area contributed by atoms with Crippen LogP contribution in [0.5, 0.6) is 11.5 Å². The van der Waals surface area contributed by atoms with Crippen molar-refractivity contribution in [1.29, 1.82) is 0 Å². The zero-order chi connectivity index (χ0) is 23.3. The Labute approximate surface area is 205 Å². The van der Waals surface area contributed by atoms with Gasteiger partial charge in [-0.3, -0.25) is 0 Å². The minimum atomic E-state index is -0.963. The summed E-state index contributed by atoms with van der Waals surface area (Å²) in [4.78, 5) is 11.3. The first-order valence-electron chi connectivity index (χ1n) is 9.88. The van der Waals surface area contributed by atoms with Gasteiger partial charge in [0.15, 0.2) is 11.5 Å². The molecular formula is C24H22BrCl2NO4. The third-order valence-electron chi connectivity index (χ3n) is 4.76. The van der Waals surface area contributed by atoms with Gasteiger partial charge in [0.05, 0.1) is 16.6 Å². The van der Waals surface area contributed by atoms with Crippen LogP contribution in [0.4, 0.5) is 5.69 Å². The standard InChI is InChI=1S/C24H22BrCl2NO4/c1-3-31-22-10-15(12-28-21-11-16(24(29)30)8-7-14(21)2)9-18(25)23(22)32-13-17-19(26)5-4-6-20(17)27/h4-11,28H,3,12-13H2,1-2H3,(H,29,30). The Hall–Kier alpha value is -2.41. The second-order valence-electron chi connectivity index (χ2n) is 7.02. The minimum Gasteiger partial charge on any atom is -0.490 e. The highest BCUT2D eigenvalue weighted by atomic mass is 79.9. The number of nitrogens with one attached hydrogen (secondary N) is 1. The number of anilines is 1. The SMILES string of the molecule is CCOc1cc(CNc2cc(C(=O)O)ccc2C)cc(Br)c1OCc1c(Cl)cccc1Cl. The number of aromatic carboxylic acids is 1. The maximum Gasteiger partial charge on any atom is 0.335 e. The summed E-state index contributed by atoms with van der Waals surface area (Å²) in [5, 5.41) is 13.6. The van der Waals surface area contributed by atoms with Crippen LogP contribution in [-0.2, 0) is 13.2 Å². The summed E-state index contributed by atoms with van der Waals surface area (Å²) in [6.45, 7) is 4.95. The Morgan fingerprint density at radius 3 is 2.47 bits per heavy atom. The quantitative estimate of drug-likeness (QED) is 0.298. The van der Waals surface area contributed by atoms with Crippen LogP contribution >= 0.6 is 39.1 Å². The number of rotatable bonds is 9. The summed E-state index contributed by atoms with van der Waals surface area (Å²) >= 11 is 16.1. The molecule has 0 radical (unpaired) electrons. The van der Waals surface area contributed by atoms with Crippen molar-refractivity contribution in [3.63, 3.8) is 0 Å². The minimum absolute atomic E-state index is 0.190. The fourth-order valence-electron chi connectivity index (χ4n) is 3.08. The number of carboxylic acids is 1. The second-order valence-corrected chi connectivity index (χ2v) is 8.68. The van der Waals surface area contributed by atoms with Gasteiger partial charge in [-0.2, -0.15) is 0 Å².